The molecule has 0 aromatic rings. The molecule has 0 aromatic heterocycles. The van der Waals surface area contributed by atoms with Gasteiger partial charge >= 0.3 is 216 Å². The SMILES string of the molecule is CCCC[C@@H](CCC/C=C/[C@H](O)[Sn]([CH2]CCC)([CH2]CCC)[CH2]CCC)O[Si](C)(C)C(C)(C)C. The zero-order valence-corrected chi connectivity index (χ0v) is 28.1. The summed E-state index contributed by atoms with van der Waals surface area (Å²) in [5.74, 6) is 0. The Hall–Kier alpha value is 0.676. The molecule has 1 N–H and O–H groups in total. The first-order chi connectivity index (χ1) is 15.5. The Balaban J connectivity index is 5.03. The second-order valence-electron chi connectivity index (χ2n) is 12.1. The van der Waals surface area contributed by atoms with E-state index in [1.165, 1.54) is 77.5 Å². The summed E-state index contributed by atoms with van der Waals surface area (Å²) in [5, 5.41) is 11.7. The fourth-order valence-corrected chi connectivity index (χ4v) is 21.3. The molecule has 0 bridgehead atoms. The first-order valence-electron chi connectivity index (χ1n) is 14.5. The van der Waals surface area contributed by atoms with E-state index in [0.29, 0.717) is 6.10 Å². The van der Waals surface area contributed by atoms with Gasteiger partial charge in [-0.05, 0) is 0 Å². The number of hydrogen-bond acceptors (Lipinski definition) is 2. The molecule has 0 aliphatic heterocycles. The van der Waals surface area contributed by atoms with Crippen LogP contribution >= 0.6 is 0 Å². The summed E-state index contributed by atoms with van der Waals surface area (Å²) in [6, 6.07) is 0. The molecular formula is C29H62O2SiSn. The second kappa shape index (κ2) is 18.0. The van der Waals surface area contributed by atoms with Crippen molar-refractivity contribution in [3.05, 3.63) is 12.2 Å². The van der Waals surface area contributed by atoms with Crippen molar-refractivity contribution >= 4 is 26.7 Å². The quantitative estimate of drug-likeness (QED) is 0.0870. The number of aliphatic hydroxyl groups is 1. The van der Waals surface area contributed by atoms with Gasteiger partial charge in [0.05, 0.1) is 0 Å². The number of unbranched alkanes of at least 4 members (excludes halogenated alkanes) is 5. The third-order valence-corrected chi connectivity index (χ3v) is 28.3. The fourth-order valence-electron chi connectivity index (χ4n) is 4.59. The monoisotopic (exact) mass is 590 g/mol. The van der Waals surface area contributed by atoms with E-state index >= 15 is 0 Å². The molecule has 0 saturated heterocycles. The molecule has 0 saturated carbocycles. The van der Waals surface area contributed by atoms with Crippen LogP contribution in [0.2, 0.25) is 31.4 Å². The van der Waals surface area contributed by atoms with Crippen molar-refractivity contribution in [2.24, 2.45) is 0 Å². The second-order valence-corrected chi connectivity index (χ2v) is 30.6. The molecular weight excluding hydrogens is 527 g/mol. The minimum atomic E-state index is -2.56. The van der Waals surface area contributed by atoms with Crippen LogP contribution in [0.4, 0.5) is 0 Å². The fraction of sp³-hybridized carbons (Fsp3) is 0.931. The van der Waals surface area contributed by atoms with Crippen LogP contribution in [0, 0.1) is 0 Å². The third kappa shape index (κ3) is 13.5. The summed E-state index contributed by atoms with van der Waals surface area (Å²) in [4.78, 5) is 0. The van der Waals surface area contributed by atoms with E-state index in [4.69, 9.17) is 4.43 Å². The molecule has 0 radical (unpaired) electrons. The normalized spacial score (nSPS) is 15.3. The summed E-state index contributed by atoms with van der Waals surface area (Å²) < 4.78 is 10.8. The van der Waals surface area contributed by atoms with Gasteiger partial charge in [-0.2, -0.15) is 0 Å². The Labute approximate surface area is 214 Å². The predicted molar refractivity (Wildman–Crippen MR) is 155 cm³/mol. The van der Waals surface area contributed by atoms with Gasteiger partial charge in [-0.3, -0.25) is 0 Å². The third-order valence-electron chi connectivity index (χ3n) is 8.07. The van der Waals surface area contributed by atoms with Crippen molar-refractivity contribution in [3.8, 4) is 0 Å². The van der Waals surface area contributed by atoms with Crippen LogP contribution in [0.25, 0.3) is 0 Å². The van der Waals surface area contributed by atoms with Gasteiger partial charge < -0.3 is 0 Å². The van der Waals surface area contributed by atoms with Crippen molar-refractivity contribution in [1.82, 2.24) is 0 Å². The molecule has 0 aliphatic rings. The Morgan fingerprint density at radius 1 is 0.788 bits per heavy atom. The van der Waals surface area contributed by atoms with E-state index in [-0.39, 0.29) is 9.16 Å². The van der Waals surface area contributed by atoms with Gasteiger partial charge in [0.25, 0.3) is 0 Å². The molecule has 0 unspecified atom stereocenters. The molecule has 2 nitrogen and oxygen atoms in total. The van der Waals surface area contributed by atoms with E-state index in [1.807, 2.05) is 0 Å². The summed E-state index contributed by atoms with van der Waals surface area (Å²) in [6.45, 7) is 21.0. The first kappa shape index (κ1) is 33.7. The number of aliphatic hydroxyl groups excluding tert-OH is 1. The van der Waals surface area contributed by atoms with Crippen LogP contribution in [0.3, 0.4) is 0 Å². The maximum absolute atomic E-state index is 11.4. The van der Waals surface area contributed by atoms with Gasteiger partial charge in [-0.1, -0.05) is 0 Å². The van der Waals surface area contributed by atoms with Gasteiger partial charge in [0, 0.05) is 0 Å². The van der Waals surface area contributed by atoms with Gasteiger partial charge in [0.1, 0.15) is 0 Å². The van der Waals surface area contributed by atoms with Crippen molar-refractivity contribution < 1.29 is 9.53 Å². The van der Waals surface area contributed by atoms with Crippen molar-refractivity contribution in [1.29, 1.82) is 0 Å². The van der Waals surface area contributed by atoms with E-state index in [1.54, 1.807) is 0 Å². The Kier molecular flexibility index (Phi) is 18.4. The number of allylic oxidation sites excluding steroid dienone is 1. The van der Waals surface area contributed by atoms with Gasteiger partial charge in [0.2, 0.25) is 0 Å². The molecule has 0 aliphatic carbocycles. The van der Waals surface area contributed by atoms with E-state index in [0.717, 1.165) is 12.8 Å². The van der Waals surface area contributed by atoms with E-state index < -0.39 is 26.7 Å². The van der Waals surface area contributed by atoms with Crippen LogP contribution in [0.1, 0.15) is 126 Å². The molecule has 0 fully saturated rings. The molecule has 2 atom stereocenters. The molecule has 0 spiro atoms. The van der Waals surface area contributed by atoms with Crippen molar-refractivity contribution in [2.45, 2.75) is 167 Å². The zero-order chi connectivity index (χ0) is 25.4. The van der Waals surface area contributed by atoms with Crippen molar-refractivity contribution in [3.63, 3.8) is 0 Å². The topological polar surface area (TPSA) is 29.5 Å². The first-order valence-corrected chi connectivity index (χ1v) is 25.1. The maximum atomic E-state index is 11.4. The van der Waals surface area contributed by atoms with Crippen molar-refractivity contribution in [2.75, 3.05) is 0 Å². The summed E-state index contributed by atoms with van der Waals surface area (Å²) >= 11 is -2.56. The molecule has 0 amide bonds. The average Bonchev–Trinajstić information content (AvgIpc) is 2.75. The number of hydrogen-bond donors (Lipinski definition) is 1. The van der Waals surface area contributed by atoms with Gasteiger partial charge in [-0.15, -0.1) is 0 Å². The van der Waals surface area contributed by atoms with Crippen LogP contribution in [-0.2, 0) is 4.43 Å². The molecule has 0 aromatic carbocycles. The molecule has 198 valence electrons. The number of rotatable bonds is 20. The van der Waals surface area contributed by atoms with E-state index in [2.05, 4.69) is 73.7 Å². The molecule has 4 heteroatoms. The summed E-state index contributed by atoms with van der Waals surface area (Å²) in [7, 11) is -1.72. The van der Waals surface area contributed by atoms with Crippen LogP contribution < -0.4 is 0 Å². The van der Waals surface area contributed by atoms with Gasteiger partial charge in [-0.25, -0.2) is 0 Å². The Morgan fingerprint density at radius 2 is 1.24 bits per heavy atom. The Bertz CT molecular complexity index is 477. The summed E-state index contributed by atoms with van der Waals surface area (Å²) in [5.41, 5.74) is 0. The predicted octanol–water partition coefficient (Wildman–Crippen LogP) is 10.0. The molecule has 0 rings (SSSR count). The van der Waals surface area contributed by atoms with Gasteiger partial charge in [0.15, 0.2) is 0 Å². The van der Waals surface area contributed by atoms with E-state index in [9.17, 15) is 5.11 Å². The van der Waals surface area contributed by atoms with Crippen LogP contribution in [-0.4, -0.2) is 42.0 Å². The molecule has 0 heterocycles. The summed E-state index contributed by atoms with van der Waals surface area (Å²) in [6.07, 6.45) is 19.8. The van der Waals surface area contributed by atoms with Crippen LogP contribution in [0.5, 0.6) is 0 Å². The average molecular weight is 590 g/mol. The Morgan fingerprint density at radius 3 is 1.67 bits per heavy atom. The minimum absolute atomic E-state index is 0.0941. The zero-order valence-electron chi connectivity index (χ0n) is 24.3. The molecule has 33 heavy (non-hydrogen) atoms. The van der Waals surface area contributed by atoms with Crippen LogP contribution in [0.15, 0.2) is 12.2 Å². The standard InChI is InChI=1S/C17H35O2Si.3C4H9.Sn/c1-7-8-13-16(14-11-9-10-12-15-18)19-20(5,6)17(2,3)4;3*1-3-4-2;/h10,12,15-16,18H,7-9,11,13-14H2,1-6H3;3*1,3-4H2,2H3;/b12-10+;;;;/t16-;;;;/m0..../s1.